The van der Waals surface area contributed by atoms with Crippen molar-refractivity contribution in [3.05, 3.63) is 59.4 Å². The molecular formula is C16H16FNOS. The zero-order valence-electron chi connectivity index (χ0n) is 11.0. The standard InChI is InChI=1S/C16H16FNOS/c17-14-6-3-5-12(9-18)16(14)19-10-13-8-11-4-1-2-7-15(11)20-13/h1-7,13H,8-10,18H2. The van der Waals surface area contributed by atoms with Gasteiger partial charge < -0.3 is 10.5 Å². The van der Waals surface area contributed by atoms with E-state index in [0.717, 1.165) is 6.42 Å². The van der Waals surface area contributed by atoms with Gasteiger partial charge >= 0.3 is 0 Å². The van der Waals surface area contributed by atoms with E-state index in [1.165, 1.54) is 16.5 Å². The van der Waals surface area contributed by atoms with E-state index in [4.69, 9.17) is 10.5 Å². The van der Waals surface area contributed by atoms with Gasteiger partial charge in [-0.05, 0) is 24.1 Å². The molecule has 2 nitrogen and oxygen atoms in total. The van der Waals surface area contributed by atoms with Crippen molar-refractivity contribution in [3.63, 3.8) is 0 Å². The van der Waals surface area contributed by atoms with E-state index >= 15 is 0 Å². The topological polar surface area (TPSA) is 35.2 Å². The van der Waals surface area contributed by atoms with E-state index in [1.54, 1.807) is 23.9 Å². The number of para-hydroxylation sites is 1. The fourth-order valence-electron chi connectivity index (χ4n) is 2.40. The second kappa shape index (κ2) is 5.85. The summed E-state index contributed by atoms with van der Waals surface area (Å²) in [5.74, 6) is -0.0417. The number of fused-ring (bicyclic) bond motifs is 1. The Bertz CT molecular complexity index is 592. The Balaban J connectivity index is 1.67. The van der Waals surface area contributed by atoms with Gasteiger partial charge in [-0.1, -0.05) is 30.3 Å². The molecule has 0 radical (unpaired) electrons. The lowest BCUT2D eigenvalue weighted by Gasteiger charge is -2.14. The fraction of sp³-hybridized carbons (Fsp3) is 0.250. The Labute approximate surface area is 122 Å². The largest absolute Gasteiger partial charge is 0.489 e. The maximum Gasteiger partial charge on any atom is 0.165 e. The van der Waals surface area contributed by atoms with Gasteiger partial charge in [0.2, 0.25) is 0 Å². The van der Waals surface area contributed by atoms with Crippen molar-refractivity contribution in [2.24, 2.45) is 5.73 Å². The molecule has 4 heteroatoms. The molecule has 0 amide bonds. The minimum Gasteiger partial charge on any atom is -0.489 e. The van der Waals surface area contributed by atoms with E-state index in [1.807, 2.05) is 12.1 Å². The molecule has 0 aromatic heterocycles. The number of thioether (sulfide) groups is 1. The first-order valence-corrected chi connectivity index (χ1v) is 7.50. The maximum absolute atomic E-state index is 13.8. The summed E-state index contributed by atoms with van der Waals surface area (Å²) in [5, 5.41) is 0.331. The molecule has 1 aliphatic rings. The van der Waals surface area contributed by atoms with Crippen LogP contribution >= 0.6 is 11.8 Å². The van der Waals surface area contributed by atoms with Crippen molar-refractivity contribution in [2.75, 3.05) is 6.61 Å². The molecule has 20 heavy (non-hydrogen) atoms. The first kappa shape index (κ1) is 13.5. The second-order valence-electron chi connectivity index (χ2n) is 4.79. The number of rotatable bonds is 4. The van der Waals surface area contributed by atoms with Crippen LogP contribution in [0, 0.1) is 5.82 Å². The van der Waals surface area contributed by atoms with Crippen LogP contribution in [0.25, 0.3) is 0 Å². The van der Waals surface area contributed by atoms with Gasteiger partial charge in [0.15, 0.2) is 11.6 Å². The van der Waals surface area contributed by atoms with Crippen molar-refractivity contribution in [2.45, 2.75) is 23.1 Å². The summed E-state index contributed by atoms with van der Waals surface area (Å²) in [7, 11) is 0. The van der Waals surface area contributed by atoms with Crippen LogP contribution < -0.4 is 10.5 Å². The van der Waals surface area contributed by atoms with Gasteiger partial charge in [-0.25, -0.2) is 4.39 Å². The smallest absolute Gasteiger partial charge is 0.165 e. The van der Waals surface area contributed by atoms with Crippen molar-refractivity contribution in [3.8, 4) is 5.75 Å². The van der Waals surface area contributed by atoms with E-state index in [2.05, 4.69) is 12.1 Å². The Morgan fingerprint density at radius 1 is 1.20 bits per heavy atom. The summed E-state index contributed by atoms with van der Waals surface area (Å²) in [4.78, 5) is 1.30. The Hall–Kier alpha value is -1.52. The Morgan fingerprint density at radius 3 is 2.85 bits per heavy atom. The molecule has 1 unspecified atom stereocenters. The SMILES string of the molecule is NCc1cccc(F)c1OCC1Cc2ccccc2S1. The monoisotopic (exact) mass is 289 g/mol. The lowest BCUT2D eigenvalue weighted by Crippen LogP contribution is -2.15. The minimum absolute atomic E-state index is 0.283. The normalized spacial score (nSPS) is 17.0. The highest BCUT2D eigenvalue weighted by Gasteiger charge is 2.23. The Kier molecular flexibility index (Phi) is 3.94. The van der Waals surface area contributed by atoms with Crippen LogP contribution in [0.3, 0.4) is 0 Å². The van der Waals surface area contributed by atoms with Crippen LogP contribution in [-0.4, -0.2) is 11.9 Å². The minimum atomic E-state index is -0.339. The molecule has 104 valence electrons. The number of ether oxygens (including phenoxy) is 1. The molecule has 0 saturated carbocycles. The lowest BCUT2D eigenvalue weighted by molar-refractivity contribution is 0.298. The van der Waals surface area contributed by atoms with Crippen LogP contribution in [-0.2, 0) is 13.0 Å². The predicted octanol–water partition coefficient (Wildman–Crippen LogP) is 3.38. The number of nitrogens with two attached hydrogens (primary N) is 1. The first-order valence-electron chi connectivity index (χ1n) is 6.62. The van der Waals surface area contributed by atoms with Gasteiger partial charge in [0.1, 0.15) is 6.61 Å². The predicted molar refractivity (Wildman–Crippen MR) is 79.6 cm³/mol. The van der Waals surface area contributed by atoms with Crippen LogP contribution in [0.2, 0.25) is 0 Å². The van der Waals surface area contributed by atoms with Crippen molar-refractivity contribution in [1.82, 2.24) is 0 Å². The molecule has 1 aliphatic heterocycles. The molecule has 2 aromatic carbocycles. The van der Waals surface area contributed by atoms with E-state index in [9.17, 15) is 4.39 Å². The molecule has 1 heterocycles. The molecule has 1 atom stereocenters. The summed E-state index contributed by atoms with van der Waals surface area (Å²) in [5.41, 5.74) is 7.68. The maximum atomic E-state index is 13.8. The van der Waals surface area contributed by atoms with Crippen LogP contribution in [0.5, 0.6) is 5.75 Å². The summed E-state index contributed by atoms with van der Waals surface area (Å²) < 4.78 is 19.5. The quantitative estimate of drug-likeness (QED) is 0.937. The zero-order valence-corrected chi connectivity index (χ0v) is 11.8. The van der Waals surface area contributed by atoms with E-state index in [0.29, 0.717) is 23.2 Å². The zero-order chi connectivity index (χ0) is 13.9. The molecular weight excluding hydrogens is 273 g/mol. The summed E-state index contributed by atoms with van der Waals surface area (Å²) in [6.07, 6.45) is 0.966. The van der Waals surface area contributed by atoms with Crippen molar-refractivity contribution in [1.29, 1.82) is 0 Å². The number of halogens is 1. The van der Waals surface area contributed by atoms with Gasteiger partial charge in [0.05, 0.1) is 0 Å². The van der Waals surface area contributed by atoms with Crippen molar-refractivity contribution < 1.29 is 9.13 Å². The highest BCUT2D eigenvalue weighted by atomic mass is 32.2. The molecule has 2 aromatic rings. The number of benzene rings is 2. The fourth-order valence-corrected chi connectivity index (χ4v) is 3.62. The van der Waals surface area contributed by atoms with Crippen LogP contribution in [0.1, 0.15) is 11.1 Å². The van der Waals surface area contributed by atoms with Gasteiger partial charge in [-0.2, -0.15) is 0 Å². The summed E-state index contributed by atoms with van der Waals surface area (Å²) in [6.45, 7) is 0.776. The number of hydrogen-bond acceptors (Lipinski definition) is 3. The molecule has 2 N–H and O–H groups in total. The average Bonchev–Trinajstić information content (AvgIpc) is 2.88. The highest BCUT2D eigenvalue weighted by Crippen LogP contribution is 2.37. The van der Waals surface area contributed by atoms with Gasteiger partial charge in [0, 0.05) is 22.3 Å². The van der Waals surface area contributed by atoms with E-state index in [-0.39, 0.29) is 12.4 Å². The molecule has 0 saturated heterocycles. The van der Waals surface area contributed by atoms with Gasteiger partial charge in [-0.3, -0.25) is 0 Å². The van der Waals surface area contributed by atoms with Gasteiger partial charge in [0.25, 0.3) is 0 Å². The molecule has 3 rings (SSSR count). The number of hydrogen-bond donors (Lipinski definition) is 1. The lowest BCUT2D eigenvalue weighted by atomic mass is 10.1. The second-order valence-corrected chi connectivity index (χ2v) is 6.14. The summed E-state index contributed by atoms with van der Waals surface area (Å²) in [6, 6.07) is 13.2. The highest BCUT2D eigenvalue weighted by molar-refractivity contribution is 8.00. The molecule has 0 spiro atoms. The Morgan fingerprint density at radius 2 is 2.05 bits per heavy atom. The third-order valence-corrected chi connectivity index (χ3v) is 4.68. The van der Waals surface area contributed by atoms with Gasteiger partial charge in [-0.15, -0.1) is 11.8 Å². The molecule has 0 aliphatic carbocycles. The third kappa shape index (κ3) is 2.67. The molecule has 0 fully saturated rings. The summed E-state index contributed by atoms with van der Waals surface area (Å²) >= 11 is 1.80. The first-order chi connectivity index (χ1) is 9.78. The third-order valence-electron chi connectivity index (χ3n) is 3.40. The van der Waals surface area contributed by atoms with Crippen LogP contribution in [0.4, 0.5) is 4.39 Å². The van der Waals surface area contributed by atoms with E-state index < -0.39 is 0 Å². The average molecular weight is 289 g/mol. The van der Waals surface area contributed by atoms with Crippen molar-refractivity contribution >= 4 is 11.8 Å². The molecule has 0 bridgehead atoms. The van der Waals surface area contributed by atoms with Crippen LogP contribution in [0.15, 0.2) is 47.4 Å².